The second-order valence-corrected chi connectivity index (χ2v) is 3.47. The zero-order valence-corrected chi connectivity index (χ0v) is 8.50. The van der Waals surface area contributed by atoms with E-state index in [1.54, 1.807) is 24.3 Å². The summed E-state index contributed by atoms with van der Waals surface area (Å²) in [6.45, 7) is 0. The summed E-state index contributed by atoms with van der Waals surface area (Å²) in [5.41, 5.74) is 12.2. The van der Waals surface area contributed by atoms with Crippen LogP contribution in [-0.4, -0.2) is 15.2 Å². The first-order chi connectivity index (χ1) is 7.65. The Morgan fingerprint density at radius 3 is 2.56 bits per heavy atom. The molecule has 6 heteroatoms. The Kier molecular flexibility index (Phi) is 2.74. The van der Waals surface area contributed by atoms with Gasteiger partial charge in [0.2, 0.25) is 5.89 Å². The van der Waals surface area contributed by atoms with Crippen LogP contribution >= 0.6 is 0 Å². The van der Waals surface area contributed by atoms with Crippen LogP contribution in [0.2, 0.25) is 0 Å². The summed E-state index contributed by atoms with van der Waals surface area (Å²) in [5, 5.41) is 12.6. The average Bonchev–Trinajstić information content (AvgIpc) is 2.68. The van der Waals surface area contributed by atoms with E-state index in [0.29, 0.717) is 12.3 Å². The van der Waals surface area contributed by atoms with Crippen molar-refractivity contribution in [3.63, 3.8) is 0 Å². The van der Waals surface area contributed by atoms with E-state index < -0.39 is 6.04 Å². The molecule has 1 heterocycles. The summed E-state index contributed by atoms with van der Waals surface area (Å²) in [5.74, 6) is 0.612. The lowest BCUT2D eigenvalue weighted by molar-refractivity contribution is 0.355. The molecule has 0 aliphatic carbocycles. The lowest BCUT2D eigenvalue weighted by Gasteiger charge is -2.06. The molecule has 6 nitrogen and oxygen atoms in total. The zero-order valence-electron chi connectivity index (χ0n) is 8.50. The van der Waals surface area contributed by atoms with Gasteiger partial charge in [0.1, 0.15) is 5.75 Å². The highest BCUT2D eigenvalue weighted by Gasteiger charge is 2.14. The second-order valence-electron chi connectivity index (χ2n) is 3.47. The van der Waals surface area contributed by atoms with Gasteiger partial charge in [0.25, 0.3) is 5.95 Å². The van der Waals surface area contributed by atoms with Gasteiger partial charge in [-0.25, -0.2) is 0 Å². The summed E-state index contributed by atoms with van der Waals surface area (Å²) in [6, 6.07) is 6.38. The van der Waals surface area contributed by atoms with Gasteiger partial charge < -0.3 is 21.1 Å². The minimum absolute atomic E-state index is 0.0798. The molecule has 0 bridgehead atoms. The third-order valence-corrected chi connectivity index (χ3v) is 2.17. The Hall–Kier alpha value is -2.08. The van der Waals surface area contributed by atoms with E-state index in [0.717, 1.165) is 5.56 Å². The van der Waals surface area contributed by atoms with Gasteiger partial charge in [-0.2, -0.15) is 4.98 Å². The first kappa shape index (κ1) is 10.4. The summed E-state index contributed by atoms with van der Waals surface area (Å²) >= 11 is 0. The molecule has 0 fully saturated rings. The standard InChI is InChI=1S/C10H12N4O2/c11-8(9-13-10(12)14-16-9)5-6-1-3-7(15)4-2-6/h1-4,8,15H,5,11H2,(H2,12,14)/t8-/m0/s1. The zero-order chi connectivity index (χ0) is 11.5. The van der Waals surface area contributed by atoms with Crippen molar-refractivity contribution in [2.75, 3.05) is 5.73 Å². The van der Waals surface area contributed by atoms with Gasteiger partial charge in [0.15, 0.2) is 0 Å². The summed E-state index contributed by atoms with van der Waals surface area (Å²) in [6.07, 6.45) is 0.544. The first-order valence-electron chi connectivity index (χ1n) is 4.77. The van der Waals surface area contributed by atoms with Crippen molar-refractivity contribution >= 4 is 5.95 Å². The molecule has 5 N–H and O–H groups in total. The van der Waals surface area contributed by atoms with E-state index in [1.807, 2.05) is 0 Å². The fourth-order valence-corrected chi connectivity index (χ4v) is 1.37. The Morgan fingerprint density at radius 1 is 1.31 bits per heavy atom. The number of rotatable bonds is 3. The Bertz CT molecular complexity index is 466. The van der Waals surface area contributed by atoms with E-state index >= 15 is 0 Å². The number of aromatic hydroxyl groups is 1. The first-order valence-corrected chi connectivity index (χ1v) is 4.77. The molecular formula is C10H12N4O2. The molecular weight excluding hydrogens is 208 g/mol. The number of hydrogen-bond acceptors (Lipinski definition) is 6. The minimum Gasteiger partial charge on any atom is -0.508 e. The maximum Gasteiger partial charge on any atom is 0.260 e. The van der Waals surface area contributed by atoms with E-state index in [4.69, 9.17) is 21.1 Å². The van der Waals surface area contributed by atoms with Crippen LogP contribution in [0.4, 0.5) is 5.95 Å². The van der Waals surface area contributed by atoms with Crippen LogP contribution in [0.15, 0.2) is 28.8 Å². The SMILES string of the molecule is Nc1noc([C@@H](N)Cc2ccc(O)cc2)n1. The van der Waals surface area contributed by atoms with Crippen molar-refractivity contribution in [1.29, 1.82) is 0 Å². The van der Waals surface area contributed by atoms with Gasteiger partial charge in [0.05, 0.1) is 6.04 Å². The molecule has 2 aromatic rings. The maximum absolute atomic E-state index is 9.12. The third-order valence-electron chi connectivity index (χ3n) is 2.17. The van der Waals surface area contributed by atoms with Crippen molar-refractivity contribution in [3.8, 4) is 5.75 Å². The number of hydrogen-bond donors (Lipinski definition) is 3. The smallest absolute Gasteiger partial charge is 0.260 e. The van der Waals surface area contributed by atoms with E-state index in [-0.39, 0.29) is 11.7 Å². The predicted molar refractivity (Wildman–Crippen MR) is 57.4 cm³/mol. The number of nitrogen functional groups attached to an aromatic ring is 1. The summed E-state index contributed by atoms with van der Waals surface area (Å²) in [4.78, 5) is 3.85. The van der Waals surface area contributed by atoms with Gasteiger partial charge >= 0.3 is 0 Å². The van der Waals surface area contributed by atoms with Crippen molar-refractivity contribution < 1.29 is 9.63 Å². The maximum atomic E-state index is 9.12. The molecule has 0 radical (unpaired) electrons. The molecule has 0 saturated carbocycles. The molecule has 0 aliphatic rings. The number of phenols is 1. The molecule has 1 atom stereocenters. The molecule has 0 spiro atoms. The largest absolute Gasteiger partial charge is 0.508 e. The number of nitrogens with two attached hydrogens (primary N) is 2. The predicted octanol–water partition coefficient (Wildman–Crippen LogP) is 0.600. The lowest BCUT2D eigenvalue weighted by atomic mass is 10.1. The molecule has 1 aromatic heterocycles. The fourth-order valence-electron chi connectivity index (χ4n) is 1.37. The van der Waals surface area contributed by atoms with Crippen molar-refractivity contribution in [2.24, 2.45) is 5.73 Å². The highest BCUT2D eigenvalue weighted by atomic mass is 16.5. The van der Waals surface area contributed by atoms with Crippen LogP contribution in [0.5, 0.6) is 5.75 Å². The van der Waals surface area contributed by atoms with Crippen molar-refractivity contribution in [3.05, 3.63) is 35.7 Å². The Morgan fingerprint density at radius 2 is 2.00 bits per heavy atom. The Labute approximate surface area is 91.9 Å². The number of aromatic nitrogens is 2. The Balaban J connectivity index is 2.07. The number of phenolic OH excluding ortho intramolecular Hbond substituents is 1. The molecule has 2 rings (SSSR count). The van der Waals surface area contributed by atoms with Gasteiger partial charge in [0, 0.05) is 0 Å². The summed E-state index contributed by atoms with van der Waals surface area (Å²) < 4.78 is 4.86. The topological polar surface area (TPSA) is 111 Å². The molecule has 0 saturated heterocycles. The van der Waals surface area contributed by atoms with Crippen molar-refractivity contribution in [1.82, 2.24) is 10.1 Å². The molecule has 0 unspecified atom stereocenters. The van der Waals surface area contributed by atoms with E-state index in [2.05, 4.69) is 10.1 Å². The summed E-state index contributed by atoms with van der Waals surface area (Å²) in [7, 11) is 0. The average molecular weight is 220 g/mol. The molecule has 84 valence electrons. The molecule has 0 amide bonds. The molecule has 0 aliphatic heterocycles. The number of benzene rings is 1. The normalized spacial score (nSPS) is 12.6. The highest BCUT2D eigenvalue weighted by Crippen LogP contribution is 2.17. The fraction of sp³-hybridized carbons (Fsp3) is 0.200. The van der Waals surface area contributed by atoms with Crippen LogP contribution in [0.3, 0.4) is 0 Å². The number of anilines is 1. The van der Waals surface area contributed by atoms with E-state index in [1.165, 1.54) is 0 Å². The third kappa shape index (κ3) is 2.29. The second kappa shape index (κ2) is 4.19. The van der Waals surface area contributed by atoms with Crippen LogP contribution < -0.4 is 11.5 Å². The van der Waals surface area contributed by atoms with Crippen molar-refractivity contribution in [2.45, 2.75) is 12.5 Å². The van der Waals surface area contributed by atoms with Crippen LogP contribution in [0, 0.1) is 0 Å². The highest BCUT2D eigenvalue weighted by molar-refractivity contribution is 5.26. The van der Waals surface area contributed by atoms with Gasteiger partial charge in [-0.15, -0.1) is 0 Å². The van der Waals surface area contributed by atoms with Gasteiger partial charge in [-0.3, -0.25) is 0 Å². The van der Waals surface area contributed by atoms with Gasteiger partial charge in [-0.05, 0) is 29.3 Å². The van der Waals surface area contributed by atoms with Crippen LogP contribution in [0.25, 0.3) is 0 Å². The van der Waals surface area contributed by atoms with Crippen LogP contribution in [0.1, 0.15) is 17.5 Å². The van der Waals surface area contributed by atoms with Crippen LogP contribution in [-0.2, 0) is 6.42 Å². The minimum atomic E-state index is -0.394. The lowest BCUT2D eigenvalue weighted by Crippen LogP contribution is -2.13. The number of nitrogens with zero attached hydrogens (tertiary/aromatic N) is 2. The quantitative estimate of drug-likeness (QED) is 0.698. The monoisotopic (exact) mass is 220 g/mol. The molecule has 16 heavy (non-hydrogen) atoms. The molecule has 1 aromatic carbocycles. The van der Waals surface area contributed by atoms with E-state index in [9.17, 15) is 0 Å². The van der Waals surface area contributed by atoms with Gasteiger partial charge in [-0.1, -0.05) is 12.1 Å².